The van der Waals surface area contributed by atoms with Crippen molar-refractivity contribution in [1.82, 2.24) is 40.3 Å². The Morgan fingerprint density at radius 3 is 1.07 bits per heavy atom. The molecular weight excluding hydrogens is 1450 g/mol. The molecule has 5 amide bonds. The van der Waals surface area contributed by atoms with E-state index in [-0.39, 0.29) is 95.2 Å². The van der Waals surface area contributed by atoms with Gasteiger partial charge in [0.25, 0.3) is 11.8 Å². The number of benzene rings is 6. The fourth-order valence-electron chi connectivity index (χ4n) is 16.0. The van der Waals surface area contributed by atoms with Crippen molar-refractivity contribution in [2.45, 2.75) is 210 Å². The number of carbonyl (C=O) groups is 6. The van der Waals surface area contributed by atoms with Crippen molar-refractivity contribution in [2.24, 2.45) is 11.7 Å². The molecule has 614 valence electrons. The van der Waals surface area contributed by atoms with E-state index in [9.17, 15) is 47.0 Å². The summed E-state index contributed by atoms with van der Waals surface area (Å²) in [5.41, 5.74) is 19.4. The highest BCUT2D eigenvalue weighted by Gasteiger charge is 2.33. The Labute approximate surface area is 669 Å². The SMILES string of the molecule is C.C.C.C.CC(C)(C)OC(=O)N1CCC(N)CC1.CC(C)(C)OC(=O)N1CCC(NC(=O)c2ccc3[nH]c4c(c3c2)CN(c2ccc(F)cc2)CC4)CC1.O=C(NC1CCN(C(=O)C2CCCCC2)CC1)c1ccc2[nH]c3c(c2c1)CN(c1ccc(F)cc1)CC3.O=C(O)c1ccc2[nH]c3c(c2c1)CN(c1ccc(F)cc1)CC3. The molecule has 114 heavy (non-hydrogen) atoms. The van der Waals surface area contributed by atoms with Crippen LogP contribution in [0.25, 0.3) is 32.7 Å². The molecule has 6 aromatic carbocycles. The second kappa shape index (κ2) is 38.1. The van der Waals surface area contributed by atoms with Crippen LogP contribution in [0.5, 0.6) is 0 Å². The van der Waals surface area contributed by atoms with Crippen molar-refractivity contribution in [2.75, 3.05) is 73.6 Å². The van der Waals surface area contributed by atoms with Crippen molar-refractivity contribution >= 4 is 85.6 Å². The number of nitrogens with two attached hydrogens (primary N) is 1. The highest BCUT2D eigenvalue weighted by molar-refractivity contribution is 6.01. The van der Waals surface area contributed by atoms with Crippen LogP contribution in [0, 0.1) is 23.4 Å². The summed E-state index contributed by atoms with van der Waals surface area (Å²) in [5.74, 6) is -1.27. The first kappa shape index (κ1) is 87.5. The van der Waals surface area contributed by atoms with Gasteiger partial charge in [-0.2, -0.15) is 0 Å². The summed E-state index contributed by atoms with van der Waals surface area (Å²) in [5, 5.41) is 18.6. The number of anilines is 3. The quantitative estimate of drug-likeness (QED) is 0.0710. The van der Waals surface area contributed by atoms with Gasteiger partial charge in [-0.1, -0.05) is 49.0 Å². The minimum atomic E-state index is -0.923. The van der Waals surface area contributed by atoms with Crippen LogP contribution in [-0.2, 0) is 53.2 Å². The summed E-state index contributed by atoms with van der Waals surface area (Å²) < 4.78 is 50.6. The van der Waals surface area contributed by atoms with Gasteiger partial charge in [-0.25, -0.2) is 27.6 Å². The number of aromatic amines is 3. The standard InChI is InChI=1S/C30H35FN4O2.C28H33FN4O3.C18H15FN2O2.C10H20N2O2.4CH4/c31-22-7-9-24(10-8-22)35-17-14-28-26(19-35)25-18-21(6-11-27(25)33-28)29(36)32-23-12-15-34(16-13-23)30(37)20-4-2-1-3-5-20;1-28(2,3)36-27(35)32-13-10-20(11-14-32)30-26(34)18-4-9-24-22(16-18)23-17-33(15-12-25(23)31-24)21-7-5-19(29)6-8-21;19-12-2-4-13(5-3-12)21-8-7-17-15(10-21)14-9-11(18(22)23)1-6-16(14)20-17;1-10(2,3)14-9(13)12-6-4-8(11)5-7-12;;;;/h6-11,18,20,23,33H,1-5,12-17,19H2,(H,32,36);4-9,16,20,31H,10-15,17H2,1-3H3,(H,30,34);1-6,9,20H,7-8,10H2,(H,22,23);8H,4-7,11H2,1-3H3;4*1H4. The molecule has 4 fully saturated rings. The highest BCUT2D eigenvalue weighted by atomic mass is 19.1. The van der Waals surface area contributed by atoms with E-state index < -0.39 is 17.2 Å². The smallest absolute Gasteiger partial charge is 0.410 e. The van der Waals surface area contributed by atoms with Gasteiger partial charge in [0.15, 0.2) is 0 Å². The summed E-state index contributed by atoms with van der Waals surface area (Å²) >= 11 is 0. The number of hydrogen-bond acceptors (Lipinski definition) is 12. The fourth-order valence-corrected chi connectivity index (χ4v) is 16.0. The van der Waals surface area contributed by atoms with Gasteiger partial charge >= 0.3 is 18.2 Å². The van der Waals surface area contributed by atoms with E-state index in [1.54, 1.807) is 34.1 Å². The third-order valence-corrected chi connectivity index (χ3v) is 22.0. The van der Waals surface area contributed by atoms with Gasteiger partial charge < -0.3 is 75.3 Å². The second-order valence-corrected chi connectivity index (χ2v) is 32.2. The molecule has 1 saturated carbocycles. The molecule has 0 atom stereocenters. The summed E-state index contributed by atoms with van der Waals surface area (Å²) in [6.07, 6.45) is 12.5. The van der Waals surface area contributed by atoms with Gasteiger partial charge in [0.1, 0.15) is 28.7 Å². The number of amides is 5. The molecule has 3 saturated heterocycles. The molecule has 3 aromatic heterocycles. The van der Waals surface area contributed by atoms with E-state index in [2.05, 4.69) is 40.3 Å². The zero-order valence-corrected chi connectivity index (χ0v) is 63.9. The van der Waals surface area contributed by atoms with Crippen LogP contribution in [0.15, 0.2) is 127 Å². The first-order chi connectivity index (χ1) is 52.7. The van der Waals surface area contributed by atoms with Crippen molar-refractivity contribution in [1.29, 1.82) is 0 Å². The van der Waals surface area contributed by atoms with Crippen molar-refractivity contribution < 1.29 is 56.5 Å². The van der Waals surface area contributed by atoms with Gasteiger partial charge in [0.05, 0.1) is 5.56 Å². The van der Waals surface area contributed by atoms with Crippen LogP contribution in [0.4, 0.5) is 39.8 Å². The third-order valence-electron chi connectivity index (χ3n) is 22.0. The topological polar surface area (TPSA) is 258 Å². The molecule has 0 unspecified atom stereocenters. The molecule has 24 heteroatoms. The zero-order chi connectivity index (χ0) is 77.5. The van der Waals surface area contributed by atoms with Crippen molar-refractivity contribution in [3.05, 3.63) is 195 Å². The maximum atomic E-state index is 13.4. The molecule has 9 aromatic rings. The van der Waals surface area contributed by atoms with Gasteiger partial charge in [0.2, 0.25) is 5.91 Å². The normalized spacial score (nSPS) is 16.7. The summed E-state index contributed by atoms with van der Waals surface area (Å²) in [4.78, 5) is 96.8. The number of carboxylic acids is 1. The molecular formula is C90H119F3N12O9. The summed E-state index contributed by atoms with van der Waals surface area (Å²) in [7, 11) is 0. The molecule has 21 nitrogen and oxygen atoms in total. The van der Waals surface area contributed by atoms with E-state index >= 15 is 0 Å². The molecule has 9 heterocycles. The number of ether oxygens (including phenoxy) is 2. The Balaban J connectivity index is 0.000000181. The molecule has 0 spiro atoms. The predicted molar refractivity (Wildman–Crippen MR) is 449 cm³/mol. The van der Waals surface area contributed by atoms with Gasteiger partial charge in [-0.3, -0.25) is 14.4 Å². The Morgan fingerprint density at radius 1 is 0.421 bits per heavy atom. The minimum Gasteiger partial charge on any atom is -0.478 e. The fraction of sp³-hybridized carbons (Fsp3) is 0.467. The average Bonchev–Trinajstić information content (AvgIpc) is 1.63. The van der Waals surface area contributed by atoms with Crippen LogP contribution < -0.4 is 31.1 Å². The third kappa shape index (κ3) is 21.7. The number of nitrogens with zero attached hydrogens (tertiary/aromatic N) is 6. The van der Waals surface area contributed by atoms with E-state index in [1.165, 1.54) is 78.2 Å². The molecule has 6 aliphatic heterocycles. The van der Waals surface area contributed by atoms with E-state index in [0.29, 0.717) is 61.6 Å². The lowest BCUT2D eigenvalue weighted by Gasteiger charge is -2.35. The average molecular weight is 1570 g/mol. The maximum absolute atomic E-state index is 13.4. The molecule has 7 aliphatic rings. The summed E-state index contributed by atoms with van der Waals surface area (Å²) in [6.45, 7) is 19.9. The molecule has 8 N–H and O–H groups in total. The molecule has 0 radical (unpaired) electrons. The number of aromatic nitrogens is 3. The maximum Gasteiger partial charge on any atom is 0.410 e. The number of nitrogens with one attached hydrogen (secondary N) is 5. The number of H-pyrrole nitrogens is 3. The lowest BCUT2D eigenvalue weighted by Crippen LogP contribution is -2.48. The van der Waals surface area contributed by atoms with Crippen LogP contribution >= 0.6 is 0 Å². The first-order valence-electron chi connectivity index (χ1n) is 39.0. The van der Waals surface area contributed by atoms with Crippen LogP contribution in [-0.4, -0.2) is 159 Å². The Hall–Kier alpha value is -10.5. The number of carbonyl (C=O) groups excluding carboxylic acids is 5. The van der Waals surface area contributed by atoms with Crippen LogP contribution in [0.3, 0.4) is 0 Å². The van der Waals surface area contributed by atoms with Crippen molar-refractivity contribution in [3.8, 4) is 0 Å². The first-order valence-corrected chi connectivity index (χ1v) is 39.0. The predicted octanol–water partition coefficient (Wildman–Crippen LogP) is 17.6. The van der Waals surface area contributed by atoms with Gasteiger partial charge in [-0.15, -0.1) is 0 Å². The highest BCUT2D eigenvalue weighted by Crippen LogP contribution is 2.36. The Morgan fingerprint density at radius 2 is 0.737 bits per heavy atom. The Kier molecular flexibility index (Phi) is 29.2. The molecule has 16 rings (SSSR count). The second-order valence-electron chi connectivity index (χ2n) is 32.2. The number of aromatic carboxylic acids is 1. The summed E-state index contributed by atoms with van der Waals surface area (Å²) in [6, 6.07) is 36.9. The number of halogens is 3. The molecule has 0 bridgehead atoms. The minimum absolute atomic E-state index is 0. The van der Waals surface area contributed by atoms with Gasteiger partial charge in [0, 0.05) is 217 Å². The van der Waals surface area contributed by atoms with Gasteiger partial charge in [-0.05, 0) is 220 Å². The Bertz CT molecular complexity index is 4770. The number of rotatable bonds is 9. The van der Waals surface area contributed by atoms with E-state index in [0.717, 1.165) is 171 Å². The van der Waals surface area contributed by atoms with E-state index in [4.69, 9.17) is 15.2 Å². The van der Waals surface area contributed by atoms with Crippen molar-refractivity contribution in [3.63, 3.8) is 0 Å². The number of fused-ring (bicyclic) bond motifs is 9. The number of likely N-dealkylation sites (tertiary alicyclic amines) is 3. The number of piperidine rings is 3. The zero-order valence-electron chi connectivity index (χ0n) is 63.9. The molecule has 1 aliphatic carbocycles. The van der Waals surface area contributed by atoms with Crippen LogP contribution in [0.1, 0.15) is 207 Å². The van der Waals surface area contributed by atoms with Crippen LogP contribution in [0.2, 0.25) is 0 Å². The monoisotopic (exact) mass is 1570 g/mol. The largest absolute Gasteiger partial charge is 0.478 e. The number of hydrogen-bond donors (Lipinski definition) is 7. The lowest BCUT2D eigenvalue weighted by molar-refractivity contribution is -0.137. The van der Waals surface area contributed by atoms with E-state index in [1.807, 2.05) is 113 Å². The lowest BCUT2D eigenvalue weighted by atomic mass is 9.87. The number of carboxylic acid groups (broad SMARTS) is 1.